The maximum Gasteiger partial charge on any atom is 0.102 e. The van der Waals surface area contributed by atoms with Gasteiger partial charge >= 0.3 is 0 Å². The Balaban J connectivity index is 1.44. The number of nitrogens with zero attached hydrogens (tertiary/aromatic N) is 6. The lowest BCUT2D eigenvalue weighted by Crippen LogP contribution is -2.09. The van der Waals surface area contributed by atoms with E-state index < -0.39 is 0 Å². The number of aromatic nitrogens is 5. The molecule has 0 saturated heterocycles. The van der Waals surface area contributed by atoms with Crippen LogP contribution in [0.2, 0.25) is 0 Å². The van der Waals surface area contributed by atoms with E-state index in [1.165, 1.54) is 0 Å². The molecule has 0 unspecified atom stereocenters. The van der Waals surface area contributed by atoms with Crippen molar-refractivity contribution >= 4 is 21.8 Å². The Labute approximate surface area is 329 Å². The normalized spacial score (nSPS) is 11.1. The average Bonchev–Trinajstić information content (AvgIpc) is 3.62. The van der Waals surface area contributed by atoms with E-state index in [0.717, 1.165) is 66.4 Å². The van der Waals surface area contributed by atoms with Gasteiger partial charge < -0.3 is 4.57 Å². The number of nitriles is 1. The molecule has 0 fully saturated rings. The molecule has 6 heteroatoms. The maximum absolute atomic E-state index is 11.6. The van der Waals surface area contributed by atoms with Crippen LogP contribution in [0, 0.1) is 11.3 Å². The van der Waals surface area contributed by atoms with Crippen molar-refractivity contribution in [1.29, 1.82) is 5.26 Å². The number of pyridine rings is 4. The van der Waals surface area contributed by atoms with E-state index in [9.17, 15) is 5.26 Å². The van der Waals surface area contributed by atoms with E-state index in [4.69, 9.17) is 19.9 Å². The van der Waals surface area contributed by atoms with Gasteiger partial charge in [-0.2, -0.15) is 5.26 Å². The first-order valence-electron chi connectivity index (χ1n) is 18.8. The molecule has 5 aromatic heterocycles. The summed E-state index contributed by atoms with van der Waals surface area (Å²) in [6.07, 6.45) is 7.14. The summed E-state index contributed by atoms with van der Waals surface area (Å²) in [5.74, 6) is 0. The van der Waals surface area contributed by atoms with Gasteiger partial charge in [0.05, 0.1) is 45.1 Å². The van der Waals surface area contributed by atoms with E-state index >= 15 is 0 Å². The molecule has 5 heterocycles. The van der Waals surface area contributed by atoms with Crippen molar-refractivity contribution in [3.8, 4) is 79.0 Å². The number of rotatable bonds is 7. The summed E-state index contributed by atoms with van der Waals surface area (Å²) in [6, 6.07) is 60.3. The molecule has 0 aliphatic carbocycles. The first kappa shape index (κ1) is 33.6. The molecule has 6 nitrogen and oxygen atoms in total. The largest absolute Gasteiger partial charge is 0.307 e. The molecule has 266 valence electrons. The van der Waals surface area contributed by atoms with E-state index in [-0.39, 0.29) is 0 Å². The summed E-state index contributed by atoms with van der Waals surface area (Å²) < 4.78 is 2.25. The van der Waals surface area contributed by atoms with Crippen LogP contribution in [0.15, 0.2) is 195 Å². The Kier molecular flexibility index (Phi) is 8.44. The van der Waals surface area contributed by atoms with Crippen molar-refractivity contribution in [2.24, 2.45) is 0 Å². The van der Waals surface area contributed by atoms with Gasteiger partial charge in [0, 0.05) is 57.8 Å². The second-order valence-corrected chi connectivity index (χ2v) is 13.7. The molecular formula is C51H32N6. The van der Waals surface area contributed by atoms with Crippen molar-refractivity contribution in [3.63, 3.8) is 0 Å². The van der Waals surface area contributed by atoms with Gasteiger partial charge in [-0.05, 0) is 95.1 Å². The number of hydrogen-bond donors (Lipinski definition) is 0. The summed E-state index contributed by atoms with van der Waals surface area (Å²) >= 11 is 0. The highest BCUT2D eigenvalue weighted by Gasteiger charge is 2.32. The molecule has 0 aliphatic heterocycles. The van der Waals surface area contributed by atoms with E-state index in [2.05, 4.69) is 95.6 Å². The van der Waals surface area contributed by atoms with E-state index in [1.54, 1.807) is 24.8 Å². The molecule has 0 radical (unpaired) electrons. The van der Waals surface area contributed by atoms with Gasteiger partial charge in [0.2, 0.25) is 0 Å². The first-order valence-corrected chi connectivity index (χ1v) is 18.8. The van der Waals surface area contributed by atoms with E-state index in [0.29, 0.717) is 33.9 Å². The molecule has 0 aliphatic rings. The van der Waals surface area contributed by atoms with Crippen LogP contribution in [-0.2, 0) is 0 Å². The first-order chi connectivity index (χ1) is 28.3. The molecule has 0 atom stereocenters. The monoisotopic (exact) mass is 728 g/mol. The predicted molar refractivity (Wildman–Crippen MR) is 229 cm³/mol. The number of hydrogen-bond acceptors (Lipinski definition) is 5. The smallest absolute Gasteiger partial charge is 0.102 e. The van der Waals surface area contributed by atoms with Crippen LogP contribution in [0.4, 0.5) is 0 Å². The minimum Gasteiger partial charge on any atom is -0.307 e. The lowest BCUT2D eigenvalue weighted by molar-refractivity contribution is 1.15. The standard InChI is InChI=1S/C51H32N6/c52-33-40-47(41-19-7-11-27-53-41)48(42-20-8-12-28-54-42)49(43-21-9-13-29-55-43)50(44-22-10-14-30-56-44)51(40)57-45-25-23-36(34-15-3-1-4-16-34)31-38(45)39-32-37(24-26-46(39)57)35-17-5-2-6-18-35/h1-32H. The number of fused-ring (bicyclic) bond motifs is 3. The molecule has 10 rings (SSSR count). The van der Waals surface area contributed by atoms with Crippen molar-refractivity contribution in [2.75, 3.05) is 0 Å². The number of benzene rings is 5. The predicted octanol–water partition coefficient (Wildman–Crippen LogP) is 12.2. The highest BCUT2D eigenvalue weighted by atomic mass is 15.0. The Bertz CT molecular complexity index is 2990. The van der Waals surface area contributed by atoms with Crippen molar-refractivity contribution < 1.29 is 0 Å². The fraction of sp³-hybridized carbons (Fsp3) is 0. The van der Waals surface area contributed by atoms with Crippen molar-refractivity contribution in [3.05, 3.63) is 200 Å². The zero-order valence-electron chi connectivity index (χ0n) is 30.7. The SMILES string of the molecule is N#Cc1c(-c2ccccn2)c(-c2ccccn2)c(-c2ccccn2)c(-c2ccccn2)c1-n1c2ccc(-c3ccccc3)cc2c2cc(-c3ccccc3)ccc21. The molecule has 10 aromatic rings. The Morgan fingerprint density at radius 3 is 1.16 bits per heavy atom. The van der Waals surface area contributed by atoms with Crippen LogP contribution in [0.3, 0.4) is 0 Å². The molecule has 0 amide bonds. The second kappa shape index (κ2) is 14.3. The fourth-order valence-electron chi connectivity index (χ4n) is 8.01. The zero-order chi connectivity index (χ0) is 38.1. The third-order valence-corrected chi connectivity index (χ3v) is 10.5. The maximum atomic E-state index is 11.6. The molecule has 0 saturated carbocycles. The minimum atomic E-state index is 0.452. The summed E-state index contributed by atoms with van der Waals surface area (Å²) in [7, 11) is 0. The van der Waals surface area contributed by atoms with Gasteiger partial charge in [-0.25, -0.2) is 0 Å². The van der Waals surface area contributed by atoms with Gasteiger partial charge in [-0.1, -0.05) is 97.1 Å². The van der Waals surface area contributed by atoms with E-state index in [1.807, 2.05) is 84.9 Å². The van der Waals surface area contributed by atoms with Crippen LogP contribution in [0.5, 0.6) is 0 Å². The summed E-state index contributed by atoms with van der Waals surface area (Å²) in [5.41, 5.74) is 13.3. The van der Waals surface area contributed by atoms with Crippen LogP contribution < -0.4 is 0 Å². The highest BCUT2D eigenvalue weighted by molar-refractivity contribution is 6.14. The second-order valence-electron chi connectivity index (χ2n) is 13.7. The van der Waals surface area contributed by atoms with Gasteiger partial charge in [-0.3, -0.25) is 19.9 Å². The van der Waals surface area contributed by atoms with Gasteiger partial charge in [0.15, 0.2) is 0 Å². The Morgan fingerprint density at radius 1 is 0.368 bits per heavy atom. The highest BCUT2D eigenvalue weighted by Crippen LogP contribution is 2.51. The third kappa shape index (κ3) is 5.83. The van der Waals surface area contributed by atoms with Gasteiger partial charge in [0.1, 0.15) is 6.07 Å². The minimum absolute atomic E-state index is 0.452. The average molecular weight is 729 g/mol. The third-order valence-electron chi connectivity index (χ3n) is 10.5. The topological polar surface area (TPSA) is 80.3 Å². The zero-order valence-corrected chi connectivity index (χ0v) is 30.7. The van der Waals surface area contributed by atoms with Crippen LogP contribution in [0.1, 0.15) is 5.56 Å². The van der Waals surface area contributed by atoms with Crippen LogP contribution in [-0.4, -0.2) is 24.5 Å². The van der Waals surface area contributed by atoms with Crippen molar-refractivity contribution in [2.45, 2.75) is 0 Å². The van der Waals surface area contributed by atoms with Crippen LogP contribution >= 0.6 is 0 Å². The summed E-state index contributed by atoms with van der Waals surface area (Å²) in [5, 5.41) is 13.8. The summed E-state index contributed by atoms with van der Waals surface area (Å²) in [6.45, 7) is 0. The molecule has 0 spiro atoms. The molecule has 5 aromatic carbocycles. The molecule has 0 bridgehead atoms. The van der Waals surface area contributed by atoms with Crippen molar-refractivity contribution in [1.82, 2.24) is 24.5 Å². The quantitative estimate of drug-likeness (QED) is 0.163. The van der Waals surface area contributed by atoms with Crippen LogP contribution in [0.25, 0.3) is 94.8 Å². The Morgan fingerprint density at radius 2 is 0.754 bits per heavy atom. The molecular weight excluding hydrogens is 697 g/mol. The van der Waals surface area contributed by atoms with Gasteiger partial charge in [-0.15, -0.1) is 0 Å². The summed E-state index contributed by atoms with van der Waals surface area (Å²) in [4.78, 5) is 19.8. The van der Waals surface area contributed by atoms with Gasteiger partial charge in [0.25, 0.3) is 0 Å². The fourth-order valence-corrected chi connectivity index (χ4v) is 8.01. The Hall–Kier alpha value is -8.01. The lowest BCUT2D eigenvalue weighted by atomic mass is 9.83. The lowest BCUT2D eigenvalue weighted by Gasteiger charge is -2.25. The molecule has 0 N–H and O–H groups in total. The molecule has 57 heavy (non-hydrogen) atoms.